The molecule has 0 bridgehead atoms. The molecule has 2 N–H and O–H groups in total. The number of benzene rings is 3. The van der Waals surface area contributed by atoms with Crippen LogP contribution in [-0.4, -0.2) is 51.0 Å². The van der Waals surface area contributed by atoms with Crippen LogP contribution in [0.4, 0.5) is 17.1 Å². The number of methoxy groups -OCH3 is 2. The van der Waals surface area contributed by atoms with Gasteiger partial charge in [0, 0.05) is 43.6 Å². The predicted molar refractivity (Wildman–Crippen MR) is 146 cm³/mol. The van der Waals surface area contributed by atoms with Crippen molar-refractivity contribution < 1.29 is 29.0 Å². The van der Waals surface area contributed by atoms with E-state index in [4.69, 9.17) is 9.47 Å². The van der Waals surface area contributed by atoms with Crippen molar-refractivity contribution in [1.82, 2.24) is 0 Å². The molecular formula is C29H29N3O6. The fourth-order valence-corrected chi connectivity index (χ4v) is 4.42. The molecular weight excluding hydrogens is 486 g/mol. The van der Waals surface area contributed by atoms with Crippen LogP contribution in [0.3, 0.4) is 0 Å². The third-order valence-corrected chi connectivity index (χ3v) is 6.29. The molecule has 0 saturated carbocycles. The molecule has 0 radical (unpaired) electrons. The maximum atomic E-state index is 13.4. The van der Waals surface area contributed by atoms with Gasteiger partial charge < -0.3 is 24.8 Å². The summed E-state index contributed by atoms with van der Waals surface area (Å²) in [6, 6.07) is 17.9. The van der Waals surface area contributed by atoms with E-state index in [0.29, 0.717) is 34.0 Å². The largest absolute Gasteiger partial charge is 0.507 e. The molecule has 1 saturated heterocycles. The smallest absolute Gasteiger partial charge is 0.300 e. The summed E-state index contributed by atoms with van der Waals surface area (Å²) < 4.78 is 10.6. The van der Waals surface area contributed by atoms with Crippen LogP contribution >= 0.6 is 0 Å². The van der Waals surface area contributed by atoms with Crippen LogP contribution in [0.1, 0.15) is 24.1 Å². The highest BCUT2D eigenvalue weighted by molar-refractivity contribution is 6.51. The molecule has 1 aliphatic heterocycles. The van der Waals surface area contributed by atoms with E-state index in [0.717, 1.165) is 5.69 Å². The van der Waals surface area contributed by atoms with E-state index < -0.39 is 17.7 Å². The Bertz CT molecular complexity index is 1410. The molecule has 2 amide bonds. The minimum absolute atomic E-state index is 0.0502. The van der Waals surface area contributed by atoms with Gasteiger partial charge in [0.1, 0.15) is 5.76 Å². The Morgan fingerprint density at radius 1 is 0.921 bits per heavy atom. The van der Waals surface area contributed by atoms with Crippen molar-refractivity contribution in [3.8, 4) is 11.5 Å². The van der Waals surface area contributed by atoms with Crippen molar-refractivity contribution in [2.75, 3.05) is 43.4 Å². The Kier molecular flexibility index (Phi) is 7.38. The van der Waals surface area contributed by atoms with Gasteiger partial charge in [-0.25, -0.2) is 0 Å². The second-order valence-electron chi connectivity index (χ2n) is 8.95. The molecule has 196 valence electrons. The molecule has 1 heterocycles. The van der Waals surface area contributed by atoms with Crippen LogP contribution in [0.15, 0.2) is 72.3 Å². The monoisotopic (exact) mass is 515 g/mol. The third-order valence-electron chi connectivity index (χ3n) is 6.29. The zero-order chi connectivity index (χ0) is 27.6. The van der Waals surface area contributed by atoms with Crippen LogP contribution < -0.4 is 24.6 Å². The van der Waals surface area contributed by atoms with Crippen LogP contribution in [0, 0.1) is 0 Å². The maximum Gasteiger partial charge on any atom is 0.300 e. The van der Waals surface area contributed by atoms with Crippen molar-refractivity contribution in [2.45, 2.75) is 13.0 Å². The third kappa shape index (κ3) is 4.90. The van der Waals surface area contributed by atoms with Crippen LogP contribution in [-0.2, 0) is 14.4 Å². The Morgan fingerprint density at radius 3 is 2.11 bits per heavy atom. The molecule has 9 nitrogen and oxygen atoms in total. The summed E-state index contributed by atoms with van der Waals surface area (Å²) in [4.78, 5) is 41.5. The summed E-state index contributed by atoms with van der Waals surface area (Å²) in [5, 5.41) is 14.1. The highest BCUT2D eigenvalue weighted by atomic mass is 16.5. The Labute approximate surface area is 220 Å². The number of carbonyl (C=O) groups is 3. The van der Waals surface area contributed by atoms with E-state index in [1.54, 1.807) is 42.5 Å². The van der Waals surface area contributed by atoms with Crippen molar-refractivity contribution in [3.05, 3.63) is 83.4 Å². The molecule has 0 aromatic heterocycles. The number of aliphatic hydroxyl groups excluding tert-OH is 1. The van der Waals surface area contributed by atoms with Gasteiger partial charge in [-0.15, -0.1) is 0 Å². The highest BCUT2D eigenvalue weighted by Gasteiger charge is 2.47. The summed E-state index contributed by atoms with van der Waals surface area (Å²) in [7, 11) is 6.79. The molecule has 1 unspecified atom stereocenters. The van der Waals surface area contributed by atoms with Gasteiger partial charge in [-0.05, 0) is 60.2 Å². The maximum absolute atomic E-state index is 13.4. The van der Waals surface area contributed by atoms with Crippen molar-refractivity contribution >= 4 is 40.4 Å². The van der Waals surface area contributed by atoms with E-state index in [-0.39, 0.29) is 17.2 Å². The van der Waals surface area contributed by atoms with Crippen LogP contribution in [0.2, 0.25) is 0 Å². The fourth-order valence-electron chi connectivity index (χ4n) is 4.42. The molecule has 38 heavy (non-hydrogen) atoms. The molecule has 0 aliphatic carbocycles. The summed E-state index contributed by atoms with van der Waals surface area (Å²) in [6.45, 7) is 1.40. The number of nitrogens with zero attached hydrogens (tertiary/aromatic N) is 2. The zero-order valence-electron chi connectivity index (χ0n) is 21.8. The Hall–Kier alpha value is -4.79. The fraction of sp³-hybridized carbons (Fsp3) is 0.207. The molecule has 1 aliphatic rings. The molecule has 3 aromatic carbocycles. The molecule has 1 atom stereocenters. The van der Waals surface area contributed by atoms with Gasteiger partial charge in [-0.3, -0.25) is 19.3 Å². The number of rotatable bonds is 7. The number of nitrogens with one attached hydrogen (secondary N) is 1. The van der Waals surface area contributed by atoms with Gasteiger partial charge >= 0.3 is 0 Å². The van der Waals surface area contributed by atoms with E-state index in [1.807, 2.05) is 43.3 Å². The number of anilines is 3. The lowest BCUT2D eigenvalue weighted by molar-refractivity contribution is -0.132. The minimum atomic E-state index is -0.897. The number of hydrogen-bond donors (Lipinski definition) is 2. The van der Waals surface area contributed by atoms with Gasteiger partial charge in [0.15, 0.2) is 11.5 Å². The van der Waals surface area contributed by atoms with Crippen LogP contribution in [0.5, 0.6) is 11.5 Å². The first kappa shape index (κ1) is 26.3. The first-order valence-electron chi connectivity index (χ1n) is 11.8. The number of carbonyl (C=O) groups excluding carboxylic acids is 3. The predicted octanol–water partition coefficient (Wildman–Crippen LogP) is 4.35. The summed E-state index contributed by atoms with van der Waals surface area (Å²) in [6.07, 6.45) is 0. The van der Waals surface area contributed by atoms with Gasteiger partial charge in [-0.2, -0.15) is 0 Å². The standard InChI is InChI=1S/C29H29N3O6/c1-17(33)30-20-9-13-22(14-10-20)32-26(18-6-11-21(12-7-18)31(2)3)25(28(35)29(32)36)27(34)19-8-15-23(37-4)24(16-19)38-5/h6-16,26,34H,1-5H3,(H,30,33)/b27-25-. The van der Waals surface area contributed by atoms with Crippen molar-refractivity contribution in [1.29, 1.82) is 0 Å². The van der Waals surface area contributed by atoms with Crippen molar-refractivity contribution in [3.63, 3.8) is 0 Å². The topological polar surface area (TPSA) is 108 Å². The molecule has 3 aromatic rings. The first-order chi connectivity index (χ1) is 18.2. The van der Waals surface area contributed by atoms with E-state index in [2.05, 4.69) is 5.32 Å². The summed E-state index contributed by atoms with van der Waals surface area (Å²) >= 11 is 0. The van der Waals surface area contributed by atoms with Gasteiger partial charge in [0.05, 0.1) is 25.8 Å². The van der Waals surface area contributed by atoms with Crippen LogP contribution in [0.25, 0.3) is 5.76 Å². The second kappa shape index (κ2) is 10.7. The molecule has 4 rings (SSSR count). The molecule has 1 fully saturated rings. The zero-order valence-corrected chi connectivity index (χ0v) is 21.8. The quantitative estimate of drug-likeness (QED) is 0.274. The van der Waals surface area contributed by atoms with E-state index in [9.17, 15) is 19.5 Å². The van der Waals surface area contributed by atoms with Crippen molar-refractivity contribution in [2.24, 2.45) is 0 Å². The Balaban J connectivity index is 1.89. The normalized spacial score (nSPS) is 16.3. The number of aliphatic hydroxyl groups is 1. The van der Waals surface area contributed by atoms with E-state index in [1.165, 1.54) is 26.0 Å². The average molecular weight is 516 g/mol. The average Bonchev–Trinajstić information content (AvgIpc) is 3.18. The van der Waals surface area contributed by atoms with E-state index >= 15 is 0 Å². The lowest BCUT2D eigenvalue weighted by Crippen LogP contribution is -2.29. The number of Topliss-reactive ketones (excluding diaryl/α,β-unsaturated/α-hetero) is 1. The summed E-state index contributed by atoms with van der Waals surface area (Å²) in [5.74, 6) is -1.32. The summed E-state index contributed by atoms with van der Waals surface area (Å²) in [5.41, 5.74) is 2.82. The first-order valence-corrected chi connectivity index (χ1v) is 11.8. The SMILES string of the molecule is COc1ccc(/C(O)=C2/C(=O)C(=O)N(c3ccc(NC(C)=O)cc3)C2c2ccc(N(C)C)cc2)cc1OC. The lowest BCUT2D eigenvalue weighted by Gasteiger charge is -2.26. The molecule has 0 spiro atoms. The number of ketones is 1. The highest BCUT2D eigenvalue weighted by Crippen LogP contribution is 2.43. The van der Waals surface area contributed by atoms with Gasteiger partial charge in [0.25, 0.3) is 11.7 Å². The number of ether oxygens (including phenoxy) is 2. The van der Waals surface area contributed by atoms with Gasteiger partial charge in [-0.1, -0.05) is 12.1 Å². The minimum Gasteiger partial charge on any atom is -0.507 e. The molecule has 9 heteroatoms. The second-order valence-corrected chi connectivity index (χ2v) is 8.95. The number of hydrogen-bond acceptors (Lipinski definition) is 7. The van der Waals surface area contributed by atoms with Gasteiger partial charge in [0.2, 0.25) is 5.91 Å². The lowest BCUT2D eigenvalue weighted by atomic mass is 9.94. The number of amides is 2. The Morgan fingerprint density at radius 2 is 1.55 bits per heavy atom.